The van der Waals surface area contributed by atoms with Gasteiger partial charge in [-0.15, -0.1) is 0 Å². The molecule has 1 saturated heterocycles. The molecule has 174 valence electrons. The summed E-state index contributed by atoms with van der Waals surface area (Å²) in [6, 6.07) is 7.34. The van der Waals surface area contributed by atoms with Gasteiger partial charge in [-0.05, 0) is 56.1 Å². The minimum atomic E-state index is -0.650. The Kier molecular flexibility index (Phi) is 6.98. The van der Waals surface area contributed by atoms with Crippen LogP contribution in [-0.4, -0.2) is 79.6 Å². The van der Waals surface area contributed by atoms with Crippen molar-refractivity contribution in [1.29, 1.82) is 0 Å². The molecular formula is C24H33N3O5. The smallest absolute Gasteiger partial charge is 0.311 e. The largest absolute Gasteiger partial charge is 0.483 e. The van der Waals surface area contributed by atoms with E-state index in [1.165, 1.54) is 10.5 Å². The van der Waals surface area contributed by atoms with E-state index in [4.69, 9.17) is 9.47 Å². The van der Waals surface area contributed by atoms with Crippen LogP contribution in [0.5, 0.6) is 5.75 Å². The highest BCUT2D eigenvalue weighted by Crippen LogP contribution is 2.38. The topological polar surface area (TPSA) is 88.2 Å². The zero-order valence-corrected chi connectivity index (χ0v) is 18.9. The van der Waals surface area contributed by atoms with Gasteiger partial charge in [0.05, 0.1) is 24.8 Å². The van der Waals surface area contributed by atoms with E-state index in [0.717, 1.165) is 37.9 Å². The molecule has 1 N–H and O–H groups in total. The average molecular weight is 444 g/mol. The zero-order valence-electron chi connectivity index (χ0n) is 18.9. The maximum absolute atomic E-state index is 13.2. The summed E-state index contributed by atoms with van der Waals surface area (Å²) in [5.74, 6) is -0.189. The van der Waals surface area contributed by atoms with Crippen molar-refractivity contribution in [2.24, 2.45) is 0 Å². The van der Waals surface area contributed by atoms with Gasteiger partial charge in [-0.2, -0.15) is 0 Å². The van der Waals surface area contributed by atoms with Crippen molar-refractivity contribution in [3.8, 4) is 5.75 Å². The lowest BCUT2D eigenvalue weighted by atomic mass is 9.82. The van der Waals surface area contributed by atoms with E-state index >= 15 is 0 Å². The van der Waals surface area contributed by atoms with Gasteiger partial charge in [0.1, 0.15) is 5.75 Å². The molecule has 1 aliphatic carbocycles. The number of ether oxygens (including phenoxy) is 2. The highest BCUT2D eigenvalue weighted by Gasteiger charge is 2.38. The van der Waals surface area contributed by atoms with Gasteiger partial charge in [-0.1, -0.05) is 18.2 Å². The molecule has 8 nitrogen and oxygen atoms in total. The van der Waals surface area contributed by atoms with E-state index in [9.17, 15) is 14.4 Å². The van der Waals surface area contributed by atoms with E-state index in [0.29, 0.717) is 25.5 Å². The molecule has 3 amide bonds. The highest BCUT2D eigenvalue weighted by atomic mass is 16.5. The summed E-state index contributed by atoms with van der Waals surface area (Å²) >= 11 is 0. The molecule has 1 saturated carbocycles. The van der Waals surface area contributed by atoms with Crippen molar-refractivity contribution in [2.45, 2.75) is 62.6 Å². The molecule has 1 aromatic rings. The van der Waals surface area contributed by atoms with Crippen LogP contribution in [0.4, 0.5) is 0 Å². The summed E-state index contributed by atoms with van der Waals surface area (Å²) in [6.07, 6.45) is 5.52. The second-order valence-corrected chi connectivity index (χ2v) is 9.21. The lowest BCUT2D eigenvalue weighted by Gasteiger charge is -2.42. The highest BCUT2D eigenvalue weighted by molar-refractivity contribution is 6.34. The van der Waals surface area contributed by atoms with Gasteiger partial charge in [0.15, 0.2) is 6.61 Å². The van der Waals surface area contributed by atoms with E-state index in [2.05, 4.69) is 11.4 Å². The Morgan fingerprint density at radius 3 is 2.59 bits per heavy atom. The summed E-state index contributed by atoms with van der Waals surface area (Å²) in [6.45, 7) is 0.870. The van der Waals surface area contributed by atoms with Crippen LogP contribution in [0.25, 0.3) is 0 Å². The van der Waals surface area contributed by atoms with Crippen LogP contribution in [-0.2, 0) is 19.1 Å². The van der Waals surface area contributed by atoms with Crippen molar-refractivity contribution in [3.05, 3.63) is 29.8 Å². The van der Waals surface area contributed by atoms with Crippen molar-refractivity contribution in [2.75, 3.05) is 33.9 Å². The Bertz CT molecular complexity index is 850. The molecule has 4 aliphatic rings. The molecule has 2 bridgehead atoms. The first-order chi connectivity index (χ1) is 15.4. The number of amides is 3. The SMILES string of the molecule is CN(C)C(=O)C(=O)N[C@H]1CCCN2C(=O)COc3ccccc3C3CCC(CC3)OC[C@@H]12. The van der Waals surface area contributed by atoms with Crippen LogP contribution in [0.3, 0.4) is 0 Å². The van der Waals surface area contributed by atoms with Crippen LogP contribution in [0.2, 0.25) is 0 Å². The number of piperidine rings is 1. The molecule has 0 spiro atoms. The van der Waals surface area contributed by atoms with Crippen LogP contribution >= 0.6 is 0 Å². The molecule has 1 aromatic carbocycles. The van der Waals surface area contributed by atoms with Crippen molar-refractivity contribution in [1.82, 2.24) is 15.1 Å². The Hall–Kier alpha value is -2.61. The summed E-state index contributed by atoms with van der Waals surface area (Å²) < 4.78 is 12.3. The third kappa shape index (κ3) is 4.90. The van der Waals surface area contributed by atoms with Crippen molar-refractivity contribution < 1.29 is 23.9 Å². The maximum atomic E-state index is 13.2. The number of fused-ring (bicyclic) bond motifs is 5. The fraction of sp³-hybridized carbons (Fsp3) is 0.625. The zero-order chi connectivity index (χ0) is 22.7. The van der Waals surface area contributed by atoms with Crippen molar-refractivity contribution in [3.63, 3.8) is 0 Å². The number of carbonyl (C=O) groups excluding carboxylic acids is 3. The molecule has 3 heterocycles. The standard InChI is InChI=1S/C24H33N3O5/c1-26(2)24(30)23(29)25-19-7-5-13-27-20(19)14-31-17-11-9-16(10-12-17)18-6-3-4-8-21(18)32-15-22(27)28/h3-4,6,8,16-17,19-20H,5,7,9-15H2,1-2H3,(H,25,29)/t16?,17?,19-,20-/m0/s1. The average Bonchev–Trinajstić information content (AvgIpc) is 2.82. The third-order valence-electron chi connectivity index (χ3n) is 6.90. The number of para-hydroxylation sites is 1. The maximum Gasteiger partial charge on any atom is 0.311 e. The van der Waals surface area contributed by atoms with E-state index < -0.39 is 11.8 Å². The van der Waals surface area contributed by atoms with Crippen LogP contribution < -0.4 is 10.1 Å². The Labute approximate surface area is 189 Å². The number of nitrogens with zero attached hydrogens (tertiary/aromatic N) is 2. The summed E-state index contributed by atoms with van der Waals surface area (Å²) in [4.78, 5) is 40.7. The second kappa shape index (κ2) is 9.90. The van der Waals surface area contributed by atoms with E-state index in [1.54, 1.807) is 19.0 Å². The van der Waals surface area contributed by atoms with Crippen LogP contribution in [0, 0.1) is 0 Å². The Morgan fingerprint density at radius 1 is 1.09 bits per heavy atom. The first-order valence-corrected chi connectivity index (χ1v) is 11.6. The van der Waals surface area contributed by atoms with Crippen molar-refractivity contribution >= 4 is 17.7 Å². The Balaban J connectivity index is 1.56. The fourth-order valence-corrected chi connectivity index (χ4v) is 5.12. The summed E-state index contributed by atoms with van der Waals surface area (Å²) in [5.41, 5.74) is 1.17. The molecule has 2 fully saturated rings. The number of hydrogen-bond acceptors (Lipinski definition) is 5. The van der Waals surface area contributed by atoms with Gasteiger partial charge in [-0.25, -0.2) is 0 Å². The van der Waals surface area contributed by atoms with Gasteiger partial charge >= 0.3 is 11.8 Å². The van der Waals surface area contributed by atoms with E-state index in [1.807, 2.05) is 18.2 Å². The van der Waals surface area contributed by atoms with Gasteiger partial charge in [-0.3, -0.25) is 14.4 Å². The number of hydrogen-bond donors (Lipinski definition) is 1. The first-order valence-electron chi connectivity index (χ1n) is 11.6. The molecule has 0 aromatic heterocycles. The molecule has 2 atom stereocenters. The summed E-state index contributed by atoms with van der Waals surface area (Å²) in [7, 11) is 3.10. The van der Waals surface area contributed by atoms with Gasteiger partial charge in [0.25, 0.3) is 5.91 Å². The first kappa shape index (κ1) is 22.6. The third-order valence-corrected chi connectivity index (χ3v) is 6.90. The number of benzene rings is 1. The predicted molar refractivity (Wildman–Crippen MR) is 118 cm³/mol. The molecule has 5 rings (SSSR count). The molecular weight excluding hydrogens is 410 g/mol. The lowest BCUT2D eigenvalue weighted by molar-refractivity contribution is -0.147. The second-order valence-electron chi connectivity index (χ2n) is 9.21. The van der Waals surface area contributed by atoms with Gasteiger partial charge in [0.2, 0.25) is 0 Å². The summed E-state index contributed by atoms with van der Waals surface area (Å²) in [5, 5.41) is 2.86. The minimum absolute atomic E-state index is 0.0546. The van der Waals surface area contributed by atoms with E-state index in [-0.39, 0.29) is 30.7 Å². The molecule has 32 heavy (non-hydrogen) atoms. The Morgan fingerprint density at radius 2 is 1.84 bits per heavy atom. The minimum Gasteiger partial charge on any atom is -0.483 e. The number of likely N-dealkylation sites (N-methyl/N-ethyl adjacent to an activating group) is 1. The van der Waals surface area contributed by atoms with Gasteiger partial charge < -0.3 is 24.6 Å². The van der Waals surface area contributed by atoms with Crippen LogP contribution in [0.1, 0.15) is 50.0 Å². The molecule has 0 radical (unpaired) electrons. The number of carbonyl (C=O) groups is 3. The molecule has 8 heteroatoms. The van der Waals surface area contributed by atoms with Crippen LogP contribution in [0.15, 0.2) is 24.3 Å². The van der Waals surface area contributed by atoms with Gasteiger partial charge in [0, 0.05) is 20.6 Å². The lowest BCUT2D eigenvalue weighted by Crippen LogP contribution is -2.61. The fourth-order valence-electron chi connectivity index (χ4n) is 5.12. The monoisotopic (exact) mass is 443 g/mol. The number of rotatable bonds is 1. The molecule has 0 unspecified atom stereocenters. The normalized spacial score (nSPS) is 28.2. The predicted octanol–water partition coefficient (Wildman–Crippen LogP) is 1.69. The quantitative estimate of drug-likeness (QED) is 0.668. The molecule has 3 aliphatic heterocycles. The number of nitrogens with one attached hydrogen (secondary N) is 1.